The highest BCUT2D eigenvalue weighted by molar-refractivity contribution is 9.10. The molecular formula is C10H5BrF3NO2. The van der Waals surface area contributed by atoms with Crippen molar-refractivity contribution in [2.45, 2.75) is 13.3 Å². The van der Waals surface area contributed by atoms with Crippen LogP contribution in [0.3, 0.4) is 0 Å². The van der Waals surface area contributed by atoms with Crippen LogP contribution in [-0.2, 0) is 0 Å². The Balaban J connectivity index is 3.30. The van der Waals surface area contributed by atoms with Gasteiger partial charge in [-0.1, -0.05) is 0 Å². The fraction of sp³-hybridized carbons (Fsp3) is 0.200. The SMILES string of the molecule is CC(=O)c1cc(C#N)c(OC(F)(F)F)cc1Br. The standard InChI is InChI=1S/C10H5BrF3NO2/c1-5(16)7-2-6(4-15)9(3-8(7)11)17-10(12,13)14/h2-3H,1H3. The molecule has 3 nitrogen and oxygen atoms in total. The summed E-state index contributed by atoms with van der Waals surface area (Å²) in [6.07, 6.45) is -4.89. The highest BCUT2D eigenvalue weighted by atomic mass is 79.9. The number of benzene rings is 1. The number of rotatable bonds is 2. The zero-order valence-electron chi connectivity index (χ0n) is 8.43. The third kappa shape index (κ3) is 3.46. The molecule has 0 saturated carbocycles. The lowest BCUT2D eigenvalue weighted by Crippen LogP contribution is -2.18. The topological polar surface area (TPSA) is 50.1 Å². The van der Waals surface area contributed by atoms with E-state index in [0.29, 0.717) is 0 Å². The molecule has 0 aliphatic rings. The van der Waals surface area contributed by atoms with Gasteiger partial charge >= 0.3 is 6.36 Å². The predicted octanol–water partition coefficient (Wildman–Crippen LogP) is 3.42. The number of carbonyl (C=O) groups excluding carboxylic acids is 1. The Morgan fingerprint density at radius 1 is 1.47 bits per heavy atom. The summed E-state index contributed by atoms with van der Waals surface area (Å²) in [5, 5.41) is 8.69. The number of nitrogens with zero attached hydrogens (tertiary/aromatic N) is 1. The lowest BCUT2D eigenvalue weighted by Gasteiger charge is -2.11. The first-order valence-corrected chi connectivity index (χ1v) is 5.04. The van der Waals surface area contributed by atoms with Crippen molar-refractivity contribution in [2.24, 2.45) is 0 Å². The van der Waals surface area contributed by atoms with Crippen LogP contribution in [0.25, 0.3) is 0 Å². The lowest BCUT2D eigenvalue weighted by atomic mass is 10.1. The number of ether oxygens (including phenoxy) is 1. The fourth-order valence-corrected chi connectivity index (χ4v) is 1.72. The van der Waals surface area contributed by atoms with Crippen molar-refractivity contribution in [2.75, 3.05) is 0 Å². The van der Waals surface area contributed by atoms with Gasteiger partial charge in [0.15, 0.2) is 5.78 Å². The first-order valence-electron chi connectivity index (χ1n) is 4.25. The Hall–Kier alpha value is -1.55. The van der Waals surface area contributed by atoms with E-state index in [1.165, 1.54) is 6.92 Å². The molecular weight excluding hydrogens is 303 g/mol. The molecule has 0 bridgehead atoms. The van der Waals surface area contributed by atoms with Crippen LogP contribution in [0.15, 0.2) is 16.6 Å². The van der Waals surface area contributed by atoms with Crippen molar-refractivity contribution in [1.82, 2.24) is 0 Å². The van der Waals surface area contributed by atoms with Gasteiger partial charge in [0.1, 0.15) is 11.8 Å². The van der Waals surface area contributed by atoms with Crippen molar-refractivity contribution in [3.8, 4) is 11.8 Å². The van der Waals surface area contributed by atoms with E-state index < -0.39 is 12.1 Å². The van der Waals surface area contributed by atoms with Crippen LogP contribution in [0.4, 0.5) is 13.2 Å². The second kappa shape index (κ2) is 4.75. The summed E-state index contributed by atoms with van der Waals surface area (Å²) in [5.74, 6) is -1.01. The molecule has 0 spiro atoms. The molecule has 0 amide bonds. The molecule has 0 saturated heterocycles. The molecule has 1 aromatic carbocycles. The minimum Gasteiger partial charge on any atom is -0.404 e. The number of Topliss-reactive ketones (excluding diaryl/α,β-unsaturated/α-hetero) is 1. The molecule has 7 heteroatoms. The van der Waals surface area contributed by atoms with Gasteiger partial charge in [-0.25, -0.2) is 0 Å². The summed E-state index contributed by atoms with van der Waals surface area (Å²) in [6, 6.07) is 3.54. The molecule has 0 aliphatic carbocycles. The molecule has 0 aromatic heterocycles. The molecule has 0 heterocycles. The highest BCUT2D eigenvalue weighted by Crippen LogP contribution is 2.31. The second-order valence-corrected chi connectivity index (χ2v) is 3.90. The summed E-state index contributed by atoms with van der Waals surface area (Å²) in [7, 11) is 0. The number of hydrogen-bond donors (Lipinski definition) is 0. The summed E-state index contributed by atoms with van der Waals surface area (Å²) < 4.78 is 39.9. The van der Waals surface area contributed by atoms with Gasteiger partial charge in [-0.05, 0) is 35.0 Å². The number of hydrogen-bond acceptors (Lipinski definition) is 3. The Bertz CT molecular complexity index is 505. The maximum absolute atomic E-state index is 12.0. The number of carbonyl (C=O) groups is 1. The largest absolute Gasteiger partial charge is 0.573 e. The van der Waals surface area contributed by atoms with E-state index in [9.17, 15) is 18.0 Å². The van der Waals surface area contributed by atoms with E-state index in [1.807, 2.05) is 0 Å². The average Bonchev–Trinajstić information content (AvgIpc) is 2.14. The molecule has 0 fully saturated rings. The fourth-order valence-electron chi connectivity index (χ4n) is 1.12. The van der Waals surface area contributed by atoms with Gasteiger partial charge in [-0.15, -0.1) is 13.2 Å². The Kier molecular flexibility index (Phi) is 3.78. The van der Waals surface area contributed by atoms with Crippen LogP contribution >= 0.6 is 15.9 Å². The third-order valence-electron chi connectivity index (χ3n) is 1.79. The first-order chi connectivity index (χ1) is 7.74. The van der Waals surface area contributed by atoms with Crippen molar-refractivity contribution < 1.29 is 22.7 Å². The molecule has 0 aliphatic heterocycles. The van der Waals surface area contributed by atoms with Gasteiger partial charge in [0.2, 0.25) is 0 Å². The minimum atomic E-state index is -4.89. The number of ketones is 1. The van der Waals surface area contributed by atoms with Crippen molar-refractivity contribution >= 4 is 21.7 Å². The minimum absolute atomic E-state index is 0.121. The molecule has 90 valence electrons. The molecule has 1 rings (SSSR count). The van der Waals surface area contributed by atoms with Crippen molar-refractivity contribution in [1.29, 1.82) is 5.26 Å². The van der Waals surface area contributed by atoms with Crippen LogP contribution in [0.5, 0.6) is 5.75 Å². The van der Waals surface area contributed by atoms with E-state index >= 15 is 0 Å². The zero-order valence-corrected chi connectivity index (χ0v) is 10.0. The van der Waals surface area contributed by atoms with Crippen LogP contribution in [0.2, 0.25) is 0 Å². The van der Waals surface area contributed by atoms with Gasteiger partial charge < -0.3 is 4.74 Å². The molecule has 17 heavy (non-hydrogen) atoms. The number of nitriles is 1. The van der Waals surface area contributed by atoms with E-state index in [1.54, 1.807) is 6.07 Å². The summed E-state index contributed by atoms with van der Waals surface area (Å²) in [6.45, 7) is 1.24. The monoisotopic (exact) mass is 307 g/mol. The maximum atomic E-state index is 12.0. The molecule has 0 unspecified atom stereocenters. The van der Waals surface area contributed by atoms with E-state index in [2.05, 4.69) is 20.7 Å². The second-order valence-electron chi connectivity index (χ2n) is 3.04. The highest BCUT2D eigenvalue weighted by Gasteiger charge is 2.32. The normalized spacial score (nSPS) is 10.8. The van der Waals surface area contributed by atoms with E-state index in [0.717, 1.165) is 12.1 Å². The summed E-state index contributed by atoms with van der Waals surface area (Å²) >= 11 is 2.94. The molecule has 0 atom stereocenters. The Morgan fingerprint density at radius 3 is 2.47 bits per heavy atom. The quantitative estimate of drug-likeness (QED) is 0.787. The Morgan fingerprint density at radius 2 is 2.06 bits per heavy atom. The van der Waals surface area contributed by atoms with Crippen LogP contribution in [0, 0.1) is 11.3 Å². The summed E-state index contributed by atoms with van der Waals surface area (Å²) in [5.41, 5.74) is -0.230. The molecule has 0 N–H and O–H groups in total. The van der Waals surface area contributed by atoms with E-state index in [4.69, 9.17) is 5.26 Å². The van der Waals surface area contributed by atoms with Crippen LogP contribution < -0.4 is 4.74 Å². The van der Waals surface area contributed by atoms with Gasteiger partial charge in [0.25, 0.3) is 0 Å². The third-order valence-corrected chi connectivity index (χ3v) is 2.45. The van der Waals surface area contributed by atoms with Crippen molar-refractivity contribution in [3.05, 3.63) is 27.7 Å². The lowest BCUT2D eigenvalue weighted by molar-refractivity contribution is -0.274. The van der Waals surface area contributed by atoms with Crippen LogP contribution in [0.1, 0.15) is 22.8 Å². The van der Waals surface area contributed by atoms with Gasteiger partial charge in [-0.3, -0.25) is 4.79 Å². The molecule has 0 radical (unpaired) electrons. The Labute approximate surface area is 103 Å². The van der Waals surface area contributed by atoms with Crippen molar-refractivity contribution in [3.63, 3.8) is 0 Å². The number of halogens is 4. The first kappa shape index (κ1) is 13.5. The van der Waals surface area contributed by atoms with Gasteiger partial charge in [0, 0.05) is 10.0 Å². The predicted molar refractivity (Wildman–Crippen MR) is 55.5 cm³/mol. The molecule has 1 aromatic rings. The summed E-state index contributed by atoms with van der Waals surface area (Å²) in [4.78, 5) is 11.1. The zero-order chi connectivity index (χ0) is 13.2. The van der Waals surface area contributed by atoms with Crippen LogP contribution in [-0.4, -0.2) is 12.1 Å². The maximum Gasteiger partial charge on any atom is 0.573 e. The number of alkyl halides is 3. The average molecular weight is 308 g/mol. The van der Waals surface area contributed by atoms with Gasteiger partial charge in [-0.2, -0.15) is 5.26 Å². The smallest absolute Gasteiger partial charge is 0.404 e. The van der Waals surface area contributed by atoms with E-state index in [-0.39, 0.29) is 21.4 Å². The van der Waals surface area contributed by atoms with Gasteiger partial charge in [0.05, 0.1) is 5.56 Å².